The zero-order valence-corrected chi connectivity index (χ0v) is 10.7. The van der Waals surface area contributed by atoms with Gasteiger partial charge in [0.05, 0.1) is 17.7 Å². The van der Waals surface area contributed by atoms with Gasteiger partial charge in [0.15, 0.2) is 0 Å². The summed E-state index contributed by atoms with van der Waals surface area (Å²) in [7, 11) is 0. The van der Waals surface area contributed by atoms with Crippen LogP contribution in [0.25, 0.3) is 0 Å². The van der Waals surface area contributed by atoms with Gasteiger partial charge in [0.2, 0.25) is 5.91 Å². The Morgan fingerprint density at radius 1 is 1.58 bits per heavy atom. The molecule has 0 aliphatic heterocycles. The molecule has 1 saturated carbocycles. The third kappa shape index (κ3) is 3.76. The van der Waals surface area contributed by atoms with E-state index in [9.17, 15) is 9.18 Å². The molecule has 100 valence electrons. The van der Waals surface area contributed by atoms with Gasteiger partial charge in [0.1, 0.15) is 5.82 Å². The predicted octanol–water partition coefficient (Wildman–Crippen LogP) is 1.45. The first-order valence-electron chi connectivity index (χ1n) is 6.32. The molecule has 0 radical (unpaired) electrons. The van der Waals surface area contributed by atoms with Gasteiger partial charge in [-0.25, -0.2) is 4.39 Å². The van der Waals surface area contributed by atoms with E-state index in [1.807, 2.05) is 6.07 Å². The van der Waals surface area contributed by atoms with Gasteiger partial charge in [-0.1, -0.05) is 6.07 Å². The van der Waals surface area contributed by atoms with E-state index in [2.05, 4.69) is 10.6 Å². The number of halogens is 1. The molecule has 0 saturated heterocycles. The molecular weight excluding hydrogens is 245 g/mol. The maximum atomic E-state index is 13.6. The third-order valence-electron chi connectivity index (χ3n) is 3.10. The van der Waals surface area contributed by atoms with E-state index in [-0.39, 0.29) is 18.5 Å². The van der Waals surface area contributed by atoms with Crippen LogP contribution < -0.4 is 10.6 Å². The van der Waals surface area contributed by atoms with Crippen molar-refractivity contribution < 1.29 is 9.18 Å². The lowest BCUT2D eigenvalue weighted by atomic mass is 10.1. The Morgan fingerprint density at radius 3 is 2.89 bits per heavy atom. The molecule has 1 amide bonds. The van der Waals surface area contributed by atoms with Crippen LogP contribution in [-0.2, 0) is 11.3 Å². The van der Waals surface area contributed by atoms with Crippen LogP contribution in [0.15, 0.2) is 18.2 Å². The largest absolute Gasteiger partial charge is 0.352 e. The topological polar surface area (TPSA) is 64.9 Å². The summed E-state index contributed by atoms with van der Waals surface area (Å²) in [5.41, 5.74) is 0.742. The van der Waals surface area contributed by atoms with Crippen molar-refractivity contribution in [3.05, 3.63) is 35.1 Å². The Bertz CT molecular complexity index is 520. The number of carbonyl (C=O) groups excluding carboxylic acids is 1. The van der Waals surface area contributed by atoms with Crippen LogP contribution in [0.2, 0.25) is 0 Å². The highest BCUT2D eigenvalue weighted by Crippen LogP contribution is 2.18. The Hall–Kier alpha value is -1.93. The van der Waals surface area contributed by atoms with Crippen LogP contribution in [0.5, 0.6) is 0 Å². The summed E-state index contributed by atoms with van der Waals surface area (Å²) >= 11 is 0. The highest BCUT2D eigenvalue weighted by Gasteiger charge is 2.25. The van der Waals surface area contributed by atoms with E-state index in [0.29, 0.717) is 17.2 Å². The smallest absolute Gasteiger partial charge is 0.237 e. The molecule has 0 heterocycles. The Kier molecular flexibility index (Phi) is 4.13. The third-order valence-corrected chi connectivity index (χ3v) is 3.10. The number of rotatable bonds is 5. The SMILES string of the molecule is CC(NCc1ccc(C#N)cc1F)C(=O)NC1CC1. The van der Waals surface area contributed by atoms with E-state index in [1.54, 1.807) is 19.1 Å². The monoisotopic (exact) mass is 261 g/mol. The molecule has 0 spiro atoms. The fourth-order valence-electron chi connectivity index (χ4n) is 1.67. The maximum absolute atomic E-state index is 13.6. The zero-order valence-electron chi connectivity index (χ0n) is 10.7. The quantitative estimate of drug-likeness (QED) is 0.843. The van der Waals surface area contributed by atoms with Crippen LogP contribution >= 0.6 is 0 Å². The number of amides is 1. The van der Waals surface area contributed by atoms with Gasteiger partial charge in [0, 0.05) is 18.2 Å². The van der Waals surface area contributed by atoms with Crippen LogP contribution in [0.4, 0.5) is 4.39 Å². The predicted molar refractivity (Wildman–Crippen MR) is 68.6 cm³/mol. The summed E-state index contributed by atoms with van der Waals surface area (Å²) in [5.74, 6) is -0.488. The number of hydrogen-bond acceptors (Lipinski definition) is 3. The average molecular weight is 261 g/mol. The molecule has 1 fully saturated rings. The first-order valence-corrected chi connectivity index (χ1v) is 6.32. The van der Waals surface area contributed by atoms with Gasteiger partial charge in [0.25, 0.3) is 0 Å². The standard InChI is InChI=1S/C14H16FN3O/c1-9(14(19)18-12-4-5-12)17-8-11-3-2-10(7-16)6-13(11)15/h2-3,6,9,12,17H,4-5,8H2,1H3,(H,18,19). The summed E-state index contributed by atoms with van der Waals surface area (Å²) in [6, 6.07) is 6.17. The van der Waals surface area contributed by atoms with Crippen LogP contribution in [0.1, 0.15) is 30.9 Å². The normalized spacial score (nSPS) is 15.6. The van der Waals surface area contributed by atoms with Gasteiger partial charge in [-0.15, -0.1) is 0 Å². The van der Waals surface area contributed by atoms with Crippen molar-refractivity contribution in [2.24, 2.45) is 0 Å². The lowest BCUT2D eigenvalue weighted by molar-refractivity contribution is -0.122. The van der Waals surface area contributed by atoms with Gasteiger partial charge in [-0.05, 0) is 31.9 Å². The molecule has 5 heteroatoms. The molecule has 19 heavy (non-hydrogen) atoms. The van der Waals surface area contributed by atoms with Gasteiger partial charge in [-0.2, -0.15) is 5.26 Å². The van der Waals surface area contributed by atoms with Crippen molar-refractivity contribution in [3.63, 3.8) is 0 Å². The molecule has 1 unspecified atom stereocenters. The molecule has 1 aliphatic rings. The van der Waals surface area contributed by atoms with E-state index in [4.69, 9.17) is 5.26 Å². The van der Waals surface area contributed by atoms with Crippen molar-refractivity contribution in [1.82, 2.24) is 10.6 Å². The molecule has 2 N–H and O–H groups in total. The average Bonchev–Trinajstić information content (AvgIpc) is 3.20. The summed E-state index contributed by atoms with van der Waals surface area (Å²) in [6.07, 6.45) is 2.09. The van der Waals surface area contributed by atoms with E-state index < -0.39 is 5.82 Å². The molecule has 1 aromatic rings. The fraction of sp³-hybridized carbons (Fsp3) is 0.429. The summed E-state index contributed by atoms with van der Waals surface area (Å²) in [6.45, 7) is 2.01. The minimum absolute atomic E-state index is 0.0587. The maximum Gasteiger partial charge on any atom is 0.237 e. The zero-order chi connectivity index (χ0) is 13.8. The number of nitriles is 1. The first kappa shape index (κ1) is 13.5. The van der Waals surface area contributed by atoms with Gasteiger partial charge in [-0.3, -0.25) is 4.79 Å². The second kappa shape index (κ2) is 5.81. The Labute approximate surface area is 111 Å². The van der Waals surface area contributed by atoms with Crippen molar-refractivity contribution in [2.45, 2.75) is 38.4 Å². The molecular formula is C14H16FN3O. The lowest BCUT2D eigenvalue weighted by Crippen LogP contribution is -2.42. The molecule has 0 bridgehead atoms. The second-order valence-electron chi connectivity index (χ2n) is 4.80. The minimum Gasteiger partial charge on any atom is -0.352 e. The van der Waals surface area contributed by atoms with E-state index in [1.165, 1.54) is 6.07 Å². The lowest BCUT2D eigenvalue weighted by Gasteiger charge is -2.14. The first-order chi connectivity index (χ1) is 9.10. The highest BCUT2D eigenvalue weighted by atomic mass is 19.1. The van der Waals surface area contributed by atoms with Gasteiger partial charge >= 0.3 is 0 Å². The molecule has 4 nitrogen and oxygen atoms in total. The van der Waals surface area contributed by atoms with Crippen molar-refractivity contribution in [1.29, 1.82) is 5.26 Å². The van der Waals surface area contributed by atoms with Crippen molar-refractivity contribution in [2.75, 3.05) is 0 Å². The highest BCUT2D eigenvalue weighted by molar-refractivity contribution is 5.81. The number of benzene rings is 1. The molecule has 0 aromatic heterocycles. The van der Waals surface area contributed by atoms with E-state index >= 15 is 0 Å². The molecule has 2 rings (SSSR count). The molecule has 1 aromatic carbocycles. The van der Waals surface area contributed by atoms with Gasteiger partial charge < -0.3 is 10.6 Å². The number of nitrogens with one attached hydrogen (secondary N) is 2. The number of nitrogens with zero attached hydrogens (tertiary/aromatic N) is 1. The summed E-state index contributed by atoms with van der Waals surface area (Å²) in [5, 5.41) is 14.5. The van der Waals surface area contributed by atoms with Crippen molar-refractivity contribution in [3.8, 4) is 6.07 Å². The summed E-state index contributed by atoms with van der Waals surface area (Å²) in [4.78, 5) is 11.7. The number of carbonyl (C=O) groups is 1. The fourth-order valence-corrected chi connectivity index (χ4v) is 1.67. The van der Waals surface area contributed by atoms with Crippen molar-refractivity contribution >= 4 is 5.91 Å². The van der Waals surface area contributed by atoms with Crippen LogP contribution in [-0.4, -0.2) is 18.0 Å². The minimum atomic E-state index is -0.429. The second-order valence-corrected chi connectivity index (χ2v) is 4.80. The van der Waals surface area contributed by atoms with Crippen LogP contribution in [0, 0.1) is 17.1 Å². The molecule has 1 atom stereocenters. The Balaban J connectivity index is 1.87. The molecule has 1 aliphatic carbocycles. The summed E-state index contributed by atoms with van der Waals surface area (Å²) < 4.78 is 13.6. The number of hydrogen-bond donors (Lipinski definition) is 2. The Morgan fingerprint density at radius 2 is 2.32 bits per heavy atom. The van der Waals surface area contributed by atoms with Crippen LogP contribution in [0.3, 0.4) is 0 Å². The van der Waals surface area contributed by atoms with E-state index in [0.717, 1.165) is 12.8 Å².